The second-order valence-electron chi connectivity index (χ2n) is 4.19. The zero-order valence-corrected chi connectivity index (χ0v) is 10.6. The molecule has 0 fully saturated rings. The Hall–Kier alpha value is -1.88. The Kier molecular flexibility index (Phi) is 3.94. The molecule has 5 heteroatoms. The van der Waals surface area contributed by atoms with E-state index in [-0.39, 0.29) is 6.61 Å². The van der Waals surface area contributed by atoms with E-state index in [0.717, 1.165) is 11.3 Å². The lowest BCUT2D eigenvalue weighted by molar-refractivity contribution is 0.257. The van der Waals surface area contributed by atoms with Crippen LogP contribution in [0.4, 0.5) is 0 Å². The molecule has 18 heavy (non-hydrogen) atoms. The van der Waals surface area contributed by atoms with Crippen molar-refractivity contribution in [2.75, 3.05) is 6.54 Å². The lowest BCUT2D eigenvalue weighted by Crippen LogP contribution is -2.02. The number of hydrogen-bond donors (Lipinski definition) is 1. The van der Waals surface area contributed by atoms with E-state index in [1.165, 1.54) is 5.56 Å². The summed E-state index contributed by atoms with van der Waals surface area (Å²) in [5.74, 6) is 1.86. The summed E-state index contributed by atoms with van der Waals surface area (Å²) in [6.07, 6.45) is 0.594. The fourth-order valence-electron chi connectivity index (χ4n) is 1.67. The van der Waals surface area contributed by atoms with Gasteiger partial charge in [-0.25, -0.2) is 0 Å². The molecule has 0 amide bonds. The van der Waals surface area contributed by atoms with E-state index in [1.807, 2.05) is 26.0 Å². The normalized spacial score (nSPS) is 10.6. The Balaban J connectivity index is 1.97. The number of hydrogen-bond acceptors (Lipinski definition) is 5. The van der Waals surface area contributed by atoms with Gasteiger partial charge in [0.1, 0.15) is 5.75 Å². The molecule has 5 nitrogen and oxygen atoms in total. The van der Waals surface area contributed by atoms with E-state index in [0.29, 0.717) is 24.7 Å². The molecule has 0 atom stereocenters. The van der Waals surface area contributed by atoms with Gasteiger partial charge >= 0.3 is 0 Å². The summed E-state index contributed by atoms with van der Waals surface area (Å²) in [5, 5.41) is 7.78. The Morgan fingerprint density at radius 1 is 1.22 bits per heavy atom. The lowest BCUT2D eigenvalue weighted by Gasteiger charge is -2.07. The van der Waals surface area contributed by atoms with Crippen LogP contribution in [-0.2, 0) is 13.0 Å². The number of ether oxygens (including phenoxy) is 1. The van der Waals surface area contributed by atoms with Gasteiger partial charge < -0.3 is 14.9 Å². The molecular weight excluding hydrogens is 230 g/mol. The Morgan fingerprint density at radius 2 is 2.00 bits per heavy atom. The number of rotatable bonds is 5. The van der Waals surface area contributed by atoms with Crippen molar-refractivity contribution in [3.63, 3.8) is 0 Å². The van der Waals surface area contributed by atoms with E-state index in [2.05, 4.69) is 16.3 Å². The fourth-order valence-corrected chi connectivity index (χ4v) is 1.67. The summed E-state index contributed by atoms with van der Waals surface area (Å²) in [7, 11) is 0. The summed E-state index contributed by atoms with van der Waals surface area (Å²) in [5.41, 5.74) is 7.71. The molecule has 0 aliphatic heterocycles. The minimum absolute atomic E-state index is 0.279. The molecule has 1 aromatic heterocycles. The second-order valence-corrected chi connectivity index (χ2v) is 4.19. The van der Waals surface area contributed by atoms with Gasteiger partial charge in [0.2, 0.25) is 5.89 Å². The number of aromatic nitrogens is 2. The van der Waals surface area contributed by atoms with Crippen LogP contribution in [0.1, 0.15) is 22.9 Å². The monoisotopic (exact) mass is 247 g/mol. The first-order valence-corrected chi connectivity index (χ1v) is 5.90. The summed E-state index contributed by atoms with van der Waals surface area (Å²) >= 11 is 0. The third kappa shape index (κ3) is 3.07. The molecular formula is C13H17N3O2. The Bertz CT molecular complexity index is 523. The van der Waals surface area contributed by atoms with Crippen molar-refractivity contribution < 1.29 is 9.15 Å². The van der Waals surface area contributed by atoms with Crippen molar-refractivity contribution in [2.45, 2.75) is 26.9 Å². The SMILES string of the molecule is Cc1ccc(OCc2nnc(CCN)o2)c(C)c1. The minimum Gasteiger partial charge on any atom is -0.484 e. The van der Waals surface area contributed by atoms with Crippen LogP contribution in [0.15, 0.2) is 22.6 Å². The maximum absolute atomic E-state index is 5.64. The molecule has 0 saturated carbocycles. The highest BCUT2D eigenvalue weighted by molar-refractivity contribution is 5.35. The zero-order chi connectivity index (χ0) is 13.0. The average molecular weight is 247 g/mol. The van der Waals surface area contributed by atoms with Crippen LogP contribution < -0.4 is 10.5 Å². The van der Waals surface area contributed by atoms with Crippen LogP contribution in [0, 0.1) is 13.8 Å². The standard InChI is InChI=1S/C13H17N3O2/c1-9-3-4-11(10(2)7-9)17-8-13-16-15-12(18-13)5-6-14/h3-4,7H,5-6,8,14H2,1-2H3. The summed E-state index contributed by atoms with van der Waals surface area (Å²) < 4.78 is 11.0. The molecule has 0 aliphatic rings. The predicted molar refractivity (Wildman–Crippen MR) is 67.3 cm³/mol. The van der Waals surface area contributed by atoms with E-state index >= 15 is 0 Å². The number of benzene rings is 1. The molecule has 2 aromatic rings. The summed E-state index contributed by atoms with van der Waals surface area (Å²) in [6, 6.07) is 6.03. The van der Waals surface area contributed by atoms with Crippen molar-refractivity contribution in [3.8, 4) is 5.75 Å². The molecule has 0 aliphatic carbocycles. The maximum Gasteiger partial charge on any atom is 0.253 e. The molecule has 0 bridgehead atoms. The van der Waals surface area contributed by atoms with Gasteiger partial charge in [-0.15, -0.1) is 10.2 Å². The Morgan fingerprint density at radius 3 is 2.72 bits per heavy atom. The van der Waals surface area contributed by atoms with Gasteiger partial charge in [-0.05, 0) is 25.5 Å². The van der Waals surface area contributed by atoms with Crippen molar-refractivity contribution in [3.05, 3.63) is 41.1 Å². The first kappa shape index (κ1) is 12.6. The van der Waals surface area contributed by atoms with Gasteiger partial charge in [-0.2, -0.15) is 0 Å². The van der Waals surface area contributed by atoms with Gasteiger partial charge in [-0.1, -0.05) is 17.7 Å². The smallest absolute Gasteiger partial charge is 0.253 e. The van der Waals surface area contributed by atoms with Gasteiger partial charge in [-0.3, -0.25) is 0 Å². The third-order valence-electron chi connectivity index (χ3n) is 2.55. The molecule has 0 unspecified atom stereocenters. The first-order valence-electron chi connectivity index (χ1n) is 5.90. The van der Waals surface area contributed by atoms with E-state index in [4.69, 9.17) is 14.9 Å². The average Bonchev–Trinajstić information content (AvgIpc) is 2.76. The van der Waals surface area contributed by atoms with E-state index in [1.54, 1.807) is 0 Å². The third-order valence-corrected chi connectivity index (χ3v) is 2.55. The highest BCUT2D eigenvalue weighted by atomic mass is 16.5. The van der Waals surface area contributed by atoms with Crippen molar-refractivity contribution in [2.24, 2.45) is 5.73 Å². The molecule has 2 N–H and O–H groups in total. The quantitative estimate of drug-likeness (QED) is 0.871. The lowest BCUT2D eigenvalue weighted by atomic mass is 10.1. The molecule has 0 spiro atoms. The van der Waals surface area contributed by atoms with Crippen LogP contribution in [-0.4, -0.2) is 16.7 Å². The van der Waals surface area contributed by atoms with Crippen LogP contribution in [0.5, 0.6) is 5.75 Å². The second kappa shape index (κ2) is 5.64. The van der Waals surface area contributed by atoms with Crippen LogP contribution >= 0.6 is 0 Å². The van der Waals surface area contributed by atoms with Gasteiger partial charge in [0.05, 0.1) is 0 Å². The van der Waals surface area contributed by atoms with Crippen LogP contribution in [0.3, 0.4) is 0 Å². The van der Waals surface area contributed by atoms with Crippen molar-refractivity contribution in [1.82, 2.24) is 10.2 Å². The molecule has 0 saturated heterocycles. The van der Waals surface area contributed by atoms with Crippen LogP contribution in [0.2, 0.25) is 0 Å². The largest absolute Gasteiger partial charge is 0.484 e. The number of aryl methyl sites for hydroxylation is 2. The zero-order valence-electron chi connectivity index (χ0n) is 10.6. The molecule has 1 heterocycles. The van der Waals surface area contributed by atoms with E-state index in [9.17, 15) is 0 Å². The van der Waals surface area contributed by atoms with Crippen molar-refractivity contribution >= 4 is 0 Å². The van der Waals surface area contributed by atoms with Gasteiger partial charge in [0.25, 0.3) is 5.89 Å². The maximum atomic E-state index is 5.64. The highest BCUT2D eigenvalue weighted by Gasteiger charge is 2.07. The molecule has 1 aromatic carbocycles. The van der Waals surface area contributed by atoms with Gasteiger partial charge in [0, 0.05) is 13.0 Å². The topological polar surface area (TPSA) is 74.2 Å². The van der Waals surface area contributed by atoms with Crippen molar-refractivity contribution in [1.29, 1.82) is 0 Å². The highest BCUT2D eigenvalue weighted by Crippen LogP contribution is 2.19. The van der Waals surface area contributed by atoms with Gasteiger partial charge in [0.15, 0.2) is 6.61 Å². The first-order chi connectivity index (χ1) is 8.69. The molecule has 2 rings (SSSR count). The summed E-state index contributed by atoms with van der Waals surface area (Å²) in [4.78, 5) is 0. The Labute approximate surface area is 106 Å². The summed E-state index contributed by atoms with van der Waals surface area (Å²) in [6.45, 7) is 4.84. The fraction of sp³-hybridized carbons (Fsp3) is 0.385. The molecule has 96 valence electrons. The number of nitrogens with two attached hydrogens (primary N) is 1. The molecule has 0 radical (unpaired) electrons. The van der Waals surface area contributed by atoms with Crippen LogP contribution in [0.25, 0.3) is 0 Å². The van der Waals surface area contributed by atoms with E-state index < -0.39 is 0 Å². The predicted octanol–water partition coefficient (Wildman–Crippen LogP) is 1.77. The minimum atomic E-state index is 0.279. The number of nitrogens with zero attached hydrogens (tertiary/aromatic N) is 2.